The van der Waals surface area contributed by atoms with Crippen molar-refractivity contribution in [1.82, 2.24) is 4.90 Å². The van der Waals surface area contributed by atoms with Crippen LogP contribution in [0.1, 0.15) is 28.8 Å². The van der Waals surface area contributed by atoms with Gasteiger partial charge in [0.1, 0.15) is 5.82 Å². The molecule has 1 aromatic carbocycles. The number of carbonyl (C=O) groups excluding carboxylic acids is 2. The summed E-state index contributed by atoms with van der Waals surface area (Å²) in [6, 6.07) is 4.14. The highest BCUT2D eigenvalue weighted by Crippen LogP contribution is 2.15. The first-order valence-corrected chi connectivity index (χ1v) is 5.65. The number of Topliss-reactive ketones (excluding diaryl/α,β-unsaturated/α-hetero) is 1. The molecule has 1 saturated heterocycles. The Bertz CT molecular complexity index is 470. The second-order valence-corrected chi connectivity index (χ2v) is 4.33. The van der Waals surface area contributed by atoms with Gasteiger partial charge in [-0.2, -0.15) is 0 Å². The van der Waals surface area contributed by atoms with Gasteiger partial charge >= 0.3 is 0 Å². The van der Waals surface area contributed by atoms with Crippen LogP contribution in [0.2, 0.25) is 0 Å². The van der Waals surface area contributed by atoms with Gasteiger partial charge in [-0.3, -0.25) is 9.59 Å². The fraction of sp³-hybridized carbons (Fsp3) is 0.385. The third kappa shape index (κ3) is 2.52. The maximum atomic E-state index is 13.1. The number of rotatable bonds is 1. The normalized spacial score (nSPS) is 16.1. The zero-order chi connectivity index (χ0) is 12.4. The monoisotopic (exact) mass is 235 g/mol. The molecule has 17 heavy (non-hydrogen) atoms. The van der Waals surface area contributed by atoms with Crippen LogP contribution in [0.15, 0.2) is 18.2 Å². The molecule has 0 atom stereocenters. The maximum absolute atomic E-state index is 13.1. The number of ketones is 1. The number of nitrogens with zero attached hydrogens (tertiary/aromatic N) is 1. The van der Waals surface area contributed by atoms with Gasteiger partial charge in [0.2, 0.25) is 0 Å². The van der Waals surface area contributed by atoms with Gasteiger partial charge in [-0.15, -0.1) is 0 Å². The van der Waals surface area contributed by atoms with Crippen LogP contribution in [0.25, 0.3) is 0 Å². The minimum Gasteiger partial charge on any atom is -0.331 e. The van der Waals surface area contributed by atoms with E-state index in [2.05, 4.69) is 0 Å². The highest BCUT2D eigenvalue weighted by molar-refractivity contribution is 5.98. The van der Waals surface area contributed by atoms with Crippen molar-refractivity contribution in [1.29, 1.82) is 0 Å². The summed E-state index contributed by atoms with van der Waals surface area (Å²) in [6.07, 6.45) is 1.23. The van der Waals surface area contributed by atoms with Gasteiger partial charge in [-0.05, 0) is 31.0 Å². The molecule has 0 aliphatic carbocycles. The highest BCUT2D eigenvalue weighted by Gasteiger charge is 2.23. The number of aryl methyl sites for hydroxylation is 1. The van der Waals surface area contributed by atoms with Crippen molar-refractivity contribution in [2.45, 2.75) is 19.8 Å². The van der Waals surface area contributed by atoms with Crippen molar-refractivity contribution >= 4 is 11.7 Å². The summed E-state index contributed by atoms with van der Waals surface area (Å²) in [4.78, 5) is 24.9. The van der Waals surface area contributed by atoms with Crippen molar-refractivity contribution in [3.63, 3.8) is 0 Å². The van der Waals surface area contributed by atoms with Crippen LogP contribution in [-0.2, 0) is 4.79 Å². The molecule has 0 radical (unpaired) electrons. The number of amides is 1. The molecule has 3 nitrogen and oxygen atoms in total. The van der Waals surface area contributed by atoms with Crippen molar-refractivity contribution in [2.75, 3.05) is 13.1 Å². The average molecular weight is 235 g/mol. The Morgan fingerprint density at radius 2 is 2.18 bits per heavy atom. The van der Waals surface area contributed by atoms with Crippen LogP contribution < -0.4 is 0 Å². The third-order valence-corrected chi connectivity index (χ3v) is 2.97. The van der Waals surface area contributed by atoms with E-state index in [1.165, 1.54) is 17.0 Å². The van der Waals surface area contributed by atoms with Gasteiger partial charge in [0, 0.05) is 18.5 Å². The van der Waals surface area contributed by atoms with Gasteiger partial charge < -0.3 is 4.90 Å². The average Bonchev–Trinajstić information content (AvgIpc) is 2.31. The summed E-state index contributed by atoms with van der Waals surface area (Å²) in [5, 5.41) is 0. The fourth-order valence-electron chi connectivity index (χ4n) is 2.01. The molecule has 1 amide bonds. The van der Waals surface area contributed by atoms with E-state index < -0.39 is 5.82 Å². The maximum Gasteiger partial charge on any atom is 0.254 e. The van der Waals surface area contributed by atoms with Crippen molar-refractivity contribution in [3.8, 4) is 0 Å². The molecule has 0 aromatic heterocycles. The lowest BCUT2D eigenvalue weighted by atomic mass is 10.0. The molecule has 0 bridgehead atoms. The Balaban J connectivity index is 2.24. The van der Waals surface area contributed by atoms with Gasteiger partial charge in [0.05, 0.1) is 6.54 Å². The third-order valence-electron chi connectivity index (χ3n) is 2.97. The Labute approximate surface area is 99.2 Å². The molecule has 0 N–H and O–H groups in total. The van der Waals surface area contributed by atoms with E-state index in [0.29, 0.717) is 24.9 Å². The number of benzene rings is 1. The van der Waals surface area contributed by atoms with E-state index in [1.807, 2.05) is 0 Å². The Morgan fingerprint density at radius 3 is 2.88 bits per heavy atom. The van der Waals surface area contributed by atoms with Crippen molar-refractivity contribution < 1.29 is 14.0 Å². The number of piperidine rings is 1. The number of carbonyl (C=O) groups is 2. The molecule has 1 heterocycles. The van der Waals surface area contributed by atoms with Gasteiger partial charge in [0.15, 0.2) is 5.78 Å². The van der Waals surface area contributed by atoms with Gasteiger partial charge in [-0.25, -0.2) is 4.39 Å². The highest BCUT2D eigenvalue weighted by atomic mass is 19.1. The van der Waals surface area contributed by atoms with Gasteiger partial charge in [-0.1, -0.05) is 6.07 Å². The Morgan fingerprint density at radius 1 is 1.41 bits per heavy atom. The summed E-state index contributed by atoms with van der Waals surface area (Å²) in [7, 11) is 0. The predicted molar refractivity (Wildman–Crippen MR) is 61.3 cm³/mol. The SMILES string of the molecule is Cc1ccc(F)cc1C(=O)N1CCCC(=O)C1. The smallest absolute Gasteiger partial charge is 0.254 e. The molecule has 1 aliphatic heterocycles. The lowest BCUT2D eigenvalue weighted by Gasteiger charge is -2.26. The molecule has 0 unspecified atom stereocenters. The van der Waals surface area contributed by atoms with Gasteiger partial charge in [0.25, 0.3) is 5.91 Å². The van der Waals surface area contributed by atoms with Crippen LogP contribution in [0.5, 0.6) is 0 Å². The minimum atomic E-state index is -0.428. The van der Waals surface area contributed by atoms with Crippen LogP contribution in [-0.4, -0.2) is 29.7 Å². The van der Waals surface area contributed by atoms with Crippen molar-refractivity contribution in [3.05, 3.63) is 35.1 Å². The second-order valence-electron chi connectivity index (χ2n) is 4.33. The molecule has 1 aromatic rings. The summed E-state index contributed by atoms with van der Waals surface area (Å²) in [5.41, 5.74) is 1.08. The second kappa shape index (κ2) is 4.65. The van der Waals surface area contributed by atoms with E-state index >= 15 is 0 Å². The number of hydrogen-bond acceptors (Lipinski definition) is 2. The van der Waals surface area contributed by atoms with Crippen LogP contribution >= 0.6 is 0 Å². The van der Waals surface area contributed by atoms with E-state index in [-0.39, 0.29) is 18.2 Å². The quantitative estimate of drug-likeness (QED) is 0.746. The Kier molecular flexibility index (Phi) is 3.22. The van der Waals surface area contributed by atoms with Crippen LogP contribution in [0, 0.1) is 12.7 Å². The fourth-order valence-corrected chi connectivity index (χ4v) is 2.01. The minimum absolute atomic E-state index is 0.0682. The number of halogens is 1. The molecule has 4 heteroatoms. The Hall–Kier alpha value is -1.71. The summed E-state index contributed by atoms with van der Waals surface area (Å²) in [5.74, 6) is -0.615. The molecule has 2 rings (SSSR count). The summed E-state index contributed by atoms with van der Waals surface area (Å²) < 4.78 is 13.1. The topological polar surface area (TPSA) is 37.4 Å². The molecule has 1 fully saturated rings. The van der Waals surface area contributed by atoms with E-state index in [4.69, 9.17) is 0 Å². The van der Waals surface area contributed by atoms with Crippen molar-refractivity contribution in [2.24, 2.45) is 0 Å². The predicted octanol–water partition coefficient (Wildman–Crippen LogP) is 1.94. The largest absolute Gasteiger partial charge is 0.331 e. The lowest BCUT2D eigenvalue weighted by Crippen LogP contribution is -2.40. The number of hydrogen-bond donors (Lipinski definition) is 0. The summed E-state index contributed by atoms with van der Waals surface area (Å²) in [6.45, 7) is 2.48. The standard InChI is InChI=1S/C13H14FNO2/c1-9-4-5-10(14)7-12(9)13(17)15-6-2-3-11(16)8-15/h4-5,7H,2-3,6,8H2,1H3. The zero-order valence-corrected chi connectivity index (χ0v) is 9.70. The van der Waals surface area contributed by atoms with Crippen LogP contribution in [0.3, 0.4) is 0 Å². The molecule has 90 valence electrons. The zero-order valence-electron chi connectivity index (χ0n) is 9.70. The summed E-state index contributed by atoms with van der Waals surface area (Å²) >= 11 is 0. The molecular weight excluding hydrogens is 221 g/mol. The van der Waals surface area contributed by atoms with E-state index in [0.717, 1.165) is 5.56 Å². The molecule has 0 saturated carbocycles. The first-order valence-electron chi connectivity index (χ1n) is 5.65. The van der Waals surface area contributed by atoms with E-state index in [1.54, 1.807) is 13.0 Å². The molecular formula is C13H14FNO2. The van der Waals surface area contributed by atoms with E-state index in [9.17, 15) is 14.0 Å². The number of likely N-dealkylation sites (tertiary alicyclic amines) is 1. The molecule has 0 spiro atoms. The first-order chi connectivity index (χ1) is 8.08. The van der Waals surface area contributed by atoms with Crippen LogP contribution in [0.4, 0.5) is 4.39 Å². The lowest BCUT2D eigenvalue weighted by molar-refractivity contribution is -0.121. The first kappa shape index (κ1) is 11.8. The molecule has 1 aliphatic rings.